The average molecular weight is 449 g/mol. The Morgan fingerprint density at radius 3 is 1.12 bits per heavy atom. The van der Waals surface area contributed by atoms with Crippen LogP contribution in [0.5, 0.6) is 0 Å². The maximum absolute atomic E-state index is 5.73. The molecule has 0 saturated carbocycles. The van der Waals surface area contributed by atoms with Crippen molar-refractivity contribution in [1.29, 1.82) is 0 Å². The molecular formula is C30H28N2O2. The van der Waals surface area contributed by atoms with Crippen LogP contribution in [0, 0.1) is 0 Å². The molecule has 0 aliphatic heterocycles. The fourth-order valence-electron chi connectivity index (χ4n) is 3.50. The Labute approximate surface area is 201 Å². The predicted octanol–water partition coefficient (Wildman–Crippen LogP) is 7.01. The van der Waals surface area contributed by atoms with Gasteiger partial charge >= 0.3 is 0 Å². The molecule has 4 rings (SSSR count). The minimum absolute atomic E-state index is 0.428. The van der Waals surface area contributed by atoms with E-state index in [0.717, 1.165) is 33.7 Å². The first kappa shape index (κ1) is 23.0. The van der Waals surface area contributed by atoms with Gasteiger partial charge in [0.15, 0.2) is 0 Å². The van der Waals surface area contributed by atoms with Gasteiger partial charge in [0.1, 0.15) is 13.2 Å². The highest BCUT2D eigenvalue weighted by atomic mass is 16.6. The Bertz CT molecular complexity index is 1080. The summed E-state index contributed by atoms with van der Waals surface area (Å²) >= 11 is 0. The molecule has 4 heteroatoms. The second kappa shape index (κ2) is 12.8. The lowest BCUT2D eigenvalue weighted by Crippen LogP contribution is -2.09. The molecule has 0 aliphatic rings. The van der Waals surface area contributed by atoms with Gasteiger partial charge in [0.05, 0.1) is 11.4 Å². The van der Waals surface area contributed by atoms with Crippen LogP contribution in [-0.2, 0) is 22.9 Å². The smallest absolute Gasteiger partial charge is 0.142 e. The monoisotopic (exact) mass is 448 g/mol. The maximum atomic E-state index is 5.73. The van der Waals surface area contributed by atoms with Gasteiger partial charge < -0.3 is 9.68 Å². The van der Waals surface area contributed by atoms with E-state index in [-0.39, 0.29) is 0 Å². The van der Waals surface area contributed by atoms with E-state index in [0.29, 0.717) is 26.1 Å². The lowest BCUT2D eigenvalue weighted by molar-refractivity contribution is 0.129. The third-order valence-electron chi connectivity index (χ3n) is 5.31. The van der Waals surface area contributed by atoms with Crippen LogP contribution in [0.15, 0.2) is 132 Å². The quantitative estimate of drug-likeness (QED) is 0.183. The van der Waals surface area contributed by atoms with Crippen molar-refractivity contribution in [3.05, 3.63) is 144 Å². The molecule has 0 N–H and O–H groups in total. The standard InChI is InChI=1S/C30H28N2O2/c1-5-13-25(14-6-1)23-33-31-29(27-17-9-3-10-18-27)21-22-30(28-19-11-4-12-20-28)32-34-24-26-15-7-2-8-16-26/h1-20H,21-24H2. The second-order valence-electron chi connectivity index (χ2n) is 7.83. The van der Waals surface area contributed by atoms with Crippen molar-refractivity contribution >= 4 is 11.4 Å². The highest BCUT2D eigenvalue weighted by Crippen LogP contribution is 2.14. The molecule has 0 aromatic heterocycles. The first-order valence-corrected chi connectivity index (χ1v) is 11.4. The van der Waals surface area contributed by atoms with Crippen LogP contribution >= 0.6 is 0 Å². The van der Waals surface area contributed by atoms with Gasteiger partial charge in [-0.2, -0.15) is 0 Å². The summed E-state index contributed by atoms with van der Waals surface area (Å²) in [5.41, 5.74) is 5.99. The fraction of sp³-hybridized carbons (Fsp3) is 0.133. The molecule has 0 fully saturated rings. The first-order chi connectivity index (χ1) is 16.9. The summed E-state index contributed by atoms with van der Waals surface area (Å²) in [4.78, 5) is 11.5. The molecule has 0 heterocycles. The van der Waals surface area contributed by atoms with Crippen molar-refractivity contribution in [3.63, 3.8) is 0 Å². The average Bonchev–Trinajstić information content (AvgIpc) is 2.91. The summed E-state index contributed by atoms with van der Waals surface area (Å²) in [6.07, 6.45) is 1.34. The molecule has 0 aliphatic carbocycles. The van der Waals surface area contributed by atoms with E-state index in [2.05, 4.69) is 34.6 Å². The molecule has 0 spiro atoms. The molecule has 4 aromatic rings. The normalized spacial score (nSPS) is 11.8. The molecule has 170 valence electrons. The molecule has 34 heavy (non-hydrogen) atoms. The van der Waals surface area contributed by atoms with Crippen molar-refractivity contribution in [2.45, 2.75) is 26.1 Å². The molecule has 0 radical (unpaired) electrons. The van der Waals surface area contributed by atoms with Gasteiger partial charge in [-0.25, -0.2) is 0 Å². The van der Waals surface area contributed by atoms with Gasteiger partial charge in [-0.1, -0.05) is 132 Å². The third-order valence-corrected chi connectivity index (χ3v) is 5.31. The fourth-order valence-corrected chi connectivity index (χ4v) is 3.50. The summed E-state index contributed by atoms with van der Waals surface area (Å²) in [6, 6.07) is 40.3. The van der Waals surface area contributed by atoms with Crippen LogP contribution in [-0.4, -0.2) is 11.4 Å². The lowest BCUT2D eigenvalue weighted by atomic mass is 10.0. The highest BCUT2D eigenvalue weighted by molar-refractivity contribution is 6.06. The van der Waals surface area contributed by atoms with Crippen LogP contribution in [0.1, 0.15) is 35.1 Å². The van der Waals surface area contributed by atoms with Gasteiger partial charge in [0.2, 0.25) is 0 Å². The Morgan fingerprint density at radius 1 is 0.441 bits per heavy atom. The van der Waals surface area contributed by atoms with Gasteiger partial charge in [-0.05, 0) is 35.1 Å². The second-order valence-corrected chi connectivity index (χ2v) is 7.83. The van der Waals surface area contributed by atoms with Gasteiger partial charge in [0.25, 0.3) is 0 Å². The van der Waals surface area contributed by atoms with Crippen molar-refractivity contribution < 1.29 is 9.68 Å². The Hall–Kier alpha value is -4.18. The Kier molecular flexibility index (Phi) is 8.63. The topological polar surface area (TPSA) is 43.2 Å². The minimum atomic E-state index is 0.428. The van der Waals surface area contributed by atoms with E-state index in [1.165, 1.54) is 0 Å². The molecule has 4 aromatic carbocycles. The molecule has 4 nitrogen and oxygen atoms in total. The summed E-state index contributed by atoms with van der Waals surface area (Å²) < 4.78 is 0. The number of hydrogen-bond donors (Lipinski definition) is 0. The van der Waals surface area contributed by atoms with E-state index in [9.17, 15) is 0 Å². The van der Waals surface area contributed by atoms with Crippen LogP contribution < -0.4 is 0 Å². The molecule has 0 bridgehead atoms. The number of rotatable bonds is 11. The maximum Gasteiger partial charge on any atom is 0.142 e. The zero-order valence-corrected chi connectivity index (χ0v) is 19.1. The number of nitrogens with zero attached hydrogens (tertiary/aromatic N) is 2. The Morgan fingerprint density at radius 2 is 0.765 bits per heavy atom. The van der Waals surface area contributed by atoms with Crippen LogP contribution in [0.4, 0.5) is 0 Å². The summed E-state index contributed by atoms with van der Waals surface area (Å²) in [7, 11) is 0. The number of hydrogen-bond acceptors (Lipinski definition) is 4. The molecule has 0 atom stereocenters. The molecule has 0 unspecified atom stereocenters. The Balaban J connectivity index is 1.48. The molecule has 0 saturated heterocycles. The van der Waals surface area contributed by atoms with E-state index < -0.39 is 0 Å². The first-order valence-electron chi connectivity index (χ1n) is 11.4. The van der Waals surface area contributed by atoms with Crippen LogP contribution in [0.2, 0.25) is 0 Å². The van der Waals surface area contributed by atoms with Crippen LogP contribution in [0.25, 0.3) is 0 Å². The minimum Gasteiger partial charge on any atom is -0.391 e. The van der Waals surface area contributed by atoms with Crippen LogP contribution in [0.3, 0.4) is 0 Å². The van der Waals surface area contributed by atoms with Crippen molar-refractivity contribution in [3.8, 4) is 0 Å². The van der Waals surface area contributed by atoms with Crippen molar-refractivity contribution in [2.24, 2.45) is 10.3 Å². The summed E-state index contributed by atoms with van der Waals surface area (Å²) in [5.74, 6) is 0. The summed E-state index contributed by atoms with van der Waals surface area (Å²) in [6.45, 7) is 0.855. The number of benzene rings is 4. The van der Waals surface area contributed by atoms with E-state index in [1.54, 1.807) is 0 Å². The zero-order chi connectivity index (χ0) is 23.3. The number of oxime groups is 2. The van der Waals surface area contributed by atoms with E-state index in [4.69, 9.17) is 9.68 Å². The zero-order valence-electron chi connectivity index (χ0n) is 19.1. The largest absolute Gasteiger partial charge is 0.391 e. The van der Waals surface area contributed by atoms with Gasteiger partial charge in [-0.3, -0.25) is 0 Å². The van der Waals surface area contributed by atoms with E-state index >= 15 is 0 Å². The molecular weight excluding hydrogens is 420 g/mol. The van der Waals surface area contributed by atoms with Crippen molar-refractivity contribution in [2.75, 3.05) is 0 Å². The highest BCUT2D eigenvalue weighted by Gasteiger charge is 2.10. The SMILES string of the molecule is c1ccc(CON=C(CCC(=NOCc2ccccc2)c2ccccc2)c2ccccc2)cc1. The van der Waals surface area contributed by atoms with E-state index in [1.807, 2.05) is 97.1 Å². The third kappa shape index (κ3) is 7.17. The lowest BCUT2D eigenvalue weighted by Gasteiger charge is -2.10. The van der Waals surface area contributed by atoms with Gasteiger partial charge in [-0.15, -0.1) is 0 Å². The summed E-state index contributed by atoms with van der Waals surface area (Å²) in [5, 5.41) is 9.01. The molecule has 0 amide bonds. The van der Waals surface area contributed by atoms with Gasteiger partial charge in [0, 0.05) is 0 Å². The predicted molar refractivity (Wildman–Crippen MR) is 138 cm³/mol. The van der Waals surface area contributed by atoms with Crippen molar-refractivity contribution in [1.82, 2.24) is 0 Å².